The summed E-state index contributed by atoms with van der Waals surface area (Å²) in [5.74, 6) is 1.66. The van der Waals surface area contributed by atoms with Crippen LogP contribution in [-0.4, -0.2) is 71.6 Å². The zero-order chi connectivity index (χ0) is 27.0. The molecule has 1 amide bonds. The molecule has 0 atom stereocenters. The number of nitrogens with zero attached hydrogens (tertiary/aromatic N) is 5. The number of carbonyl (C=O) groups excluding carboxylic acids is 1. The van der Waals surface area contributed by atoms with Gasteiger partial charge in [-0.1, -0.05) is 34.7 Å². The van der Waals surface area contributed by atoms with E-state index in [1.54, 1.807) is 0 Å². The second-order valence-corrected chi connectivity index (χ2v) is 10.3. The van der Waals surface area contributed by atoms with E-state index in [1.807, 2.05) is 30.3 Å². The number of nitriles is 1. The van der Waals surface area contributed by atoms with Gasteiger partial charge in [-0.2, -0.15) is 10.2 Å². The molecule has 0 aliphatic carbocycles. The van der Waals surface area contributed by atoms with Gasteiger partial charge in [0.15, 0.2) is 5.82 Å². The van der Waals surface area contributed by atoms with Crippen molar-refractivity contribution < 1.29 is 9.53 Å². The Morgan fingerprint density at radius 3 is 2.54 bits per heavy atom. The third-order valence-electron chi connectivity index (χ3n) is 6.79. The van der Waals surface area contributed by atoms with Gasteiger partial charge in [0.25, 0.3) is 0 Å². The first-order valence-electron chi connectivity index (χ1n) is 13.0. The summed E-state index contributed by atoms with van der Waals surface area (Å²) >= 11 is 2.30. The molecule has 11 heteroatoms. The first-order valence-corrected chi connectivity index (χ1v) is 14.6. The van der Waals surface area contributed by atoms with Crippen molar-refractivity contribution in [3.63, 3.8) is 0 Å². The van der Waals surface area contributed by atoms with Crippen molar-refractivity contribution in [1.82, 2.24) is 25.1 Å². The Balaban J connectivity index is 1.38. The standard InChI is InChI=1S/C28H31IN8O2/c29-16-21-15-24-5-6-25(21)39-14-8-31-26(38)7-9-36-10-12-37(13-11-36)19-20-1-3-23(4-2-20)33-27-22(17-30)18-32-28(34-24)35-27/h1-6,15,18H,7-14,16,19H2,(H,31,38)(H2,32,33,34,35). The molecule has 39 heavy (non-hydrogen) atoms. The Morgan fingerprint density at radius 1 is 1.00 bits per heavy atom. The molecule has 7 heterocycles. The molecule has 2 aromatic carbocycles. The minimum Gasteiger partial charge on any atom is -0.491 e. The molecule has 9 rings (SSSR count). The van der Waals surface area contributed by atoms with Gasteiger partial charge >= 0.3 is 0 Å². The van der Waals surface area contributed by atoms with Crippen molar-refractivity contribution >= 4 is 51.6 Å². The number of piperazine rings is 1. The van der Waals surface area contributed by atoms with Crippen molar-refractivity contribution in [1.29, 1.82) is 5.26 Å². The van der Waals surface area contributed by atoms with Crippen LogP contribution in [0, 0.1) is 11.3 Å². The van der Waals surface area contributed by atoms with Crippen LogP contribution < -0.4 is 20.7 Å². The van der Waals surface area contributed by atoms with E-state index < -0.39 is 0 Å². The molecule has 8 bridgehead atoms. The van der Waals surface area contributed by atoms with Crippen molar-refractivity contribution in [3.05, 3.63) is 65.4 Å². The topological polar surface area (TPSA) is 118 Å². The van der Waals surface area contributed by atoms with E-state index in [-0.39, 0.29) is 5.91 Å². The van der Waals surface area contributed by atoms with E-state index in [9.17, 15) is 10.1 Å². The molecule has 3 N–H and O–H groups in total. The van der Waals surface area contributed by atoms with Crippen LogP contribution >= 0.6 is 22.6 Å². The Kier molecular flexibility index (Phi) is 9.08. The molecular formula is C28H31IN8O2. The largest absolute Gasteiger partial charge is 0.491 e. The van der Waals surface area contributed by atoms with E-state index in [0.717, 1.165) is 66.4 Å². The summed E-state index contributed by atoms with van der Waals surface area (Å²) in [7, 11) is 0. The van der Waals surface area contributed by atoms with Crippen LogP contribution in [0.5, 0.6) is 5.75 Å². The highest BCUT2D eigenvalue weighted by molar-refractivity contribution is 14.1. The predicted molar refractivity (Wildman–Crippen MR) is 159 cm³/mol. The summed E-state index contributed by atoms with van der Waals surface area (Å²) < 4.78 is 6.72. The number of anilines is 4. The lowest BCUT2D eigenvalue weighted by Gasteiger charge is -2.34. The van der Waals surface area contributed by atoms with Gasteiger partial charge in [0, 0.05) is 67.1 Å². The molecule has 1 saturated heterocycles. The highest BCUT2D eigenvalue weighted by atomic mass is 127. The molecule has 202 valence electrons. The van der Waals surface area contributed by atoms with Crippen molar-refractivity contribution in [2.75, 3.05) is 56.5 Å². The number of halogens is 1. The fraction of sp³-hybridized carbons (Fsp3) is 0.357. The maximum absolute atomic E-state index is 12.4. The number of nitrogens with one attached hydrogen (secondary N) is 3. The van der Waals surface area contributed by atoms with Crippen LogP contribution in [0.25, 0.3) is 0 Å². The number of hydrogen-bond acceptors (Lipinski definition) is 9. The molecule has 0 radical (unpaired) electrons. The van der Waals surface area contributed by atoms with Gasteiger partial charge in [0.1, 0.15) is 24.0 Å². The number of ether oxygens (including phenoxy) is 1. The van der Waals surface area contributed by atoms with E-state index >= 15 is 0 Å². The number of benzene rings is 2. The smallest absolute Gasteiger partial charge is 0.229 e. The number of rotatable bonds is 1. The number of hydrogen-bond donors (Lipinski definition) is 3. The van der Waals surface area contributed by atoms with E-state index in [1.165, 1.54) is 11.8 Å². The molecule has 6 aliphatic heterocycles. The zero-order valence-electron chi connectivity index (χ0n) is 21.6. The lowest BCUT2D eigenvalue weighted by atomic mass is 10.1. The molecule has 0 unspecified atom stereocenters. The summed E-state index contributed by atoms with van der Waals surface area (Å²) in [5, 5.41) is 19.1. The van der Waals surface area contributed by atoms with Crippen molar-refractivity contribution in [3.8, 4) is 11.8 Å². The van der Waals surface area contributed by atoms with Gasteiger partial charge in [0.2, 0.25) is 11.9 Å². The van der Waals surface area contributed by atoms with Gasteiger partial charge in [0.05, 0.1) is 12.7 Å². The van der Waals surface area contributed by atoms with Crippen molar-refractivity contribution in [2.24, 2.45) is 0 Å². The third kappa shape index (κ3) is 7.35. The zero-order valence-corrected chi connectivity index (χ0v) is 23.8. The predicted octanol–water partition coefficient (Wildman–Crippen LogP) is 3.79. The molecule has 1 aromatic heterocycles. The average molecular weight is 639 g/mol. The lowest BCUT2D eigenvalue weighted by Crippen LogP contribution is -2.46. The quantitative estimate of drug-likeness (QED) is 0.271. The van der Waals surface area contributed by atoms with Crippen molar-refractivity contribution in [2.45, 2.75) is 17.4 Å². The summed E-state index contributed by atoms with van der Waals surface area (Å²) in [6, 6.07) is 16.2. The Hall–Kier alpha value is -3.47. The second kappa shape index (κ2) is 13.1. The van der Waals surface area contributed by atoms with Gasteiger partial charge in [-0.15, -0.1) is 0 Å². The molecule has 0 saturated carbocycles. The average Bonchev–Trinajstić information content (AvgIpc) is 2.96. The maximum Gasteiger partial charge on any atom is 0.229 e. The fourth-order valence-electron chi connectivity index (χ4n) is 4.61. The normalized spacial score (nSPS) is 19.9. The summed E-state index contributed by atoms with van der Waals surface area (Å²) in [4.78, 5) is 26.1. The minimum atomic E-state index is 0.0516. The Labute approximate surface area is 241 Å². The van der Waals surface area contributed by atoms with E-state index in [4.69, 9.17) is 4.74 Å². The molecule has 10 nitrogen and oxygen atoms in total. The second-order valence-electron chi connectivity index (χ2n) is 9.54. The highest BCUT2D eigenvalue weighted by Gasteiger charge is 2.18. The molecule has 6 aliphatic rings. The van der Waals surface area contributed by atoms with Gasteiger partial charge in [-0.05, 0) is 35.9 Å². The third-order valence-corrected chi connectivity index (χ3v) is 7.62. The van der Waals surface area contributed by atoms with Gasteiger partial charge in [-0.25, -0.2) is 4.98 Å². The maximum atomic E-state index is 12.4. The molecule has 0 spiro atoms. The molecule has 3 aromatic rings. The van der Waals surface area contributed by atoms with Gasteiger partial charge in [-0.3, -0.25) is 9.69 Å². The Morgan fingerprint density at radius 2 is 1.77 bits per heavy atom. The first-order chi connectivity index (χ1) is 19.1. The number of aromatic nitrogens is 2. The minimum absolute atomic E-state index is 0.0516. The highest BCUT2D eigenvalue weighted by Crippen LogP contribution is 2.27. The monoisotopic (exact) mass is 638 g/mol. The van der Waals surface area contributed by atoms with E-state index in [2.05, 4.69) is 76.5 Å². The summed E-state index contributed by atoms with van der Waals surface area (Å²) in [6.07, 6.45) is 2.01. The SMILES string of the molecule is N#Cc1cnc2nc1Nc1ccc(cc1)CN1CCN(CCC(=O)NCCOc3ccc(cc3CI)N2)CC1. The molecular weight excluding hydrogens is 607 g/mol. The van der Waals surface area contributed by atoms with Crippen LogP contribution in [0.3, 0.4) is 0 Å². The first kappa shape index (κ1) is 27.1. The van der Waals surface area contributed by atoms with E-state index in [0.29, 0.717) is 36.9 Å². The Bertz CT molecular complexity index is 1340. The number of amides is 1. The van der Waals surface area contributed by atoms with Crippen LogP contribution in [0.15, 0.2) is 48.7 Å². The van der Waals surface area contributed by atoms with Crippen LogP contribution in [0.2, 0.25) is 0 Å². The summed E-state index contributed by atoms with van der Waals surface area (Å²) in [5.41, 5.74) is 4.27. The van der Waals surface area contributed by atoms with Gasteiger partial charge < -0.3 is 25.6 Å². The van der Waals surface area contributed by atoms with Crippen LogP contribution in [0.4, 0.5) is 23.1 Å². The number of carbonyl (C=O) groups is 1. The lowest BCUT2D eigenvalue weighted by molar-refractivity contribution is -0.121. The van der Waals surface area contributed by atoms with Crippen LogP contribution in [0.1, 0.15) is 23.1 Å². The molecule has 1 fully saturated rings. The fourth-order valence-corrected chi connectivity index (χ4v) is 5.21. The summed E-state index contributed by atoms with van der Waals surface area (Å²) in [6.45, 7) is 6.33. The number of fused-ring (bicyclic) bond motifs is 1. The van der Waals surface area contributed by atoms with Crippen LogP contribution in [-0.2, 0) is 15.8 Å². The number of alkyl halides is 1.